The molecular weight excluding hydrogens is 250 g/mol. The highest BCUT2D eigenvalue weighted by Gasteiger charge is 2.15. The first-order valence-corrected chi connectivity index (χ1v) is 7.16. The largest absolute Gasteiger partial charge is 0.326 e. The lowest BCUT2D eigenvalue weighted by Gasteiger charge is -2.09. The molecule has 4 heteroatoms. The summed E-state index contributed by atoms with van der Waals surface area (Å²) in [5, 5.41) is 7.34. The minimum atomic E-state index is 0.0974. The number of rotatable bonds is 4. The van der Waals surface area contributed by atoms with Crippen LogP contribution in [0.25, 0.3) is 10.9 Å². The van der Waals surface area contributed by atoms with Gasteiger partial charge in [-0.25, -0.2) is 0 Å². The van der Waals surface area contributed by atoms with Crippen LogP contribution in [0.5, 0.6) is 0 Å². The molecule has 1 aliphatic heterocycles. The molecule has 1 saturated heterocycles. The third-order valence-electron chi connectivity index (χ3n) is 3.83. The minimum Gasteiger partial charge on any atom is -0.326 e. The molecule has 0 radical (unpaired) electrons. The molecule has 1 unspecified atom stereocenters. The topological polar surface area (TPSA) is 54.0 Å². The summed E-state index contributed by atoms with van der Waals surface area (Å²) in [6, 6.07) is 9.72. The van der Waals surface area contributed by atoms with E-state index in [0.29, 0.717) is 12.3 Å². The lowest BCUT2D eigenvalue weighted by molar-refractivity contribution is -0.116. The van der Waals surface area contributed by atoms with Gasteiger partial charge in [0.2, 0.25) is 5.91 Å². The van der Waals surface area contributed by atoms with Crippen molar-refractivity contribution in [3.05, 3.63) is 36.5 Å². The average molecular weight is 269 g/mol. The first-order chi connectivity index (χ1) is 9.81. The van der Waals surface area contributed by atoms with Crippen LogP contribution < -0.4 is 10.6 Å². The maximum Gasteiger partial charge on any atom is 0.224 e. The van der Waals surface area contributed by atoms with Gasteiger partial charge in [0.05, 0.1) is 5.52 Å². The third kappa shape index (κ3) is 3.14. The zero-order chi connectivity index (χ0) is 13.8. The Hall–Kier alpha value is -1.94. The molecular formula is C16H19N3O. The molecule has 1 atom stereocenters. The summed E-state index contributed by atoms with van der Waals surface area (Å²) in [6.07, 6.45) is 4.52. The molecule has 0 aliphatic carbocycles. The fraction of sp³-hybridized carbons (Fsp3) is 0.375. The van der Waals surface area contributed by atoms with E-state index in [2.05, 4.69) is 15.6 Å². The molecule has 1 aliphatic rings. The van der Waals surface area contributed by atoms with Crippen molar-refractivity contribution in [2.75, 3.05) is 18.4 Å². The Morgan fingerprint density at radius 3 is 3.20 bits per heavy atom. The maximum absolute atomic E-state index is 12.0. The van der Waals surface area contributed by atoms with Crippen LogP contribution in [0.1, 0.15) is 19.3 Å². The lowest BCUT2D eigenvalue weighted by Crippen LogP contribution is -2.14. The van der Waals surface area contributed by atoms with Crippen LogP contribution in [0.4, 0.5) is 5.69 Å². The highest BCUT2D eigenvalue weighted by Crippen LogP contribution is 2.18. The number of carbonyl (C=O) groups excluding carboxylic acids is 1. The lowest BCUT2D eigenvalue weighted by atomic mass is 10.0. The van der Waals surface area contributed by atoms with Crippen molar-refractivity contribution < 1.29 is 4.79 Å². The molecule has 4 nitrogen and oxygen atoms in total. The summed E-state index contributed by atoms with van der Waals surface area (Å²) in [5.74, 6) is 0.752. The molecule has 1 fully saturated rings. The Labute approximate surface area is 118 Å². The number of hydrogen-bond donors (Lipinski definition) is 2. The van der Waals surface area contributed by atoms with E-state index in [1.54, 1.807) is 6.20 Å². The summed E-state index contributed by atoms with van der Waals surface area (Å²) in [4.78, 5) is 16.2. The second-order valence-corrected chi connectivity index (χ2v) is 5.36. The van der Waals surface area contributed by atoms with Crippen LogP contribution in [0.15, 0.2) is 36.5 Å². The second kappa shape index (κ2) is 6.01. The molecule has 0 spiro atoms. The van der Waals surface area contributed by atoms with Gasteiger partial charge in [0.15, 0.2) is 0 Å². The van der Waals surface area contributed by atoms with Crippen molar-refractivity contribution in [3.63, 3.8) is 0 Å². The number of nitrogens with one attached hydrogen (secondary N) is 2. The Morgan fingerprint density at radius 1 is 1.40 bits per heavy atom. The van der Waals surface area contributed by atoms with Crippen molar-refractivity contribution in [1.29, 1.82) is 0 Å². The van der Waals surface area contributed by atoms with E-state index in [1.165, 1.54) is 6.42 Å². The predicted octanol–water partition coefficient (Wildman–Crippen LogP) is 2.56. The van der Waals surface area contributed by atoms with Gasteiger partial charge in [0.1, 0.15) is 0 Å². The molecule has 0 saturated carbocycles. The Balaban J connectivity index is 1.59. The number of nitrogens with zero attached hydrogens (tertiary/aromatic N) is 1. The van der Waals surface area contributed by atoms with Crippen LogP contribution in [0.2, 0.25) is 0 Å². The summed E-state index contributed by atoms with van der Waals surface area (Å²) in [5.41, 5.74) is 1.79. The Bertz CT molecular complexity index is 605. The summed E-state index contributed by atoms with van der Waals surface area (Å²) in [7, 11) is 0. The first-order valence-electron chi connectivity index (χ1n) is 7.16. The average Bonchev–Trinajstić information content (AvgIpc) is 2.98. The van der Waals surface area contributed by atoms with Crippen molar-refractivity contribution in [1.82, 2.24) is 10.3 Å². The quantitative estimate of drug-likeness (QED) is 0.897. The zero-order valence-corrected chi connectivity index (χ0v) is 11.4. The van der Waals surface area contributed by atoms with Gasteiger partial charge in [-0.05, 0) is 56.1 Å². The highest BCUT2D eigenvalue weighted by atomic mass is 16.1. The van der Waals surface area contributed by atoms with Gasteiger partial charge in [-0.2, -0.15) is 0 Å². The van der Waals surface area contributed by atoms with E-state index in [9.17, 15) is 4.79 Å². The SMILES string of the molecule is O=C(CCC1CCNC1)Nc1ccc2ncccc2c1. The molecule has 2 N–H and O–H groups in total. The van der Waals surface area contributed by atoms with E-state index >= 15 is 0 Å². The number of amides is 1. The number of hydrogen-bond acceptors (Lipinski definition) is 3. The van der Waals surface area contributed by atoms with Crippen molar-refractivity contribution in [2.24, 2.45) is 5.92 Å². The minimum absolute atomic E-state index is 0.0974. The fourth-order valence-electron chi connectivity index (χ4n) is 2.67. The van der Waals surface area contributed by atoms with Gasteiger partial charge < -0.3 is 10.6 Å². The van der Waals surface area contributed by atoms with Crippen molar-refractivity contribution >= 4 is 22.5 Å². The molecule has 20 heavy (non-hydrogen) atoms. The van der Waals surface area contributed by atoms with E-state index in [-0.39, 0.29) is 5.91 Å². The van der Waals surface area contributed by atoms with E-state index in [1.807, 2.05) is 30.3 Å². The second-order valence-electron chi connectivity index (χ2n) is 5.36. The van der Waals surface area contributed by atoms with Crippen LogP contribution in [-0.2, 0) is 4.79 Å². The Kier molecular flexibility index (Phi) is 3.92. The molecule has 0 bridgehead atoms. The van der Waals surface area contributed by atoms with E-state index in [4.69, 9.17) is 0 Å². The third-order valence-corrected chi connectivity index (χ3v) is 3.83. The molecule has 1 amide bonds. The monoisotopic (exact) mass is 269 g/mol. The van der Waals surface area contributed by atoms with Crippen LogP contribution >= 0.6 is 0 Å². The molecule has 3 rings (SSSR count). The fourth-order valence-corrected chi connectivity index (χ4v) is 2.67. The smallest absolute Gasteiger partial charge is 0.224 e. The number of anilines is 1. The van der Waals surface area contributed by atoms with Crippen LogP contribution in [0, 0.1) is 5.92 Å². The van der Waals surface area contributed by atoms with Gasteiger partial charge in [0.25, 0.3) is 0 Å². The molecule has 2 aromatic rings. The molecule has 2 heterocycles. The van der Waals surface area contributed by atoms with E-state index < -0.39 is 0 Å². The summed E-state index contributed by atoms with van der Waals surface area (Å²) >= 11 is 0. The van der Waals surface area contributed by atoms with E-state index in [0.717, 1.165) is 36.1 Å². The van der Waals surface area contributed by atoms with Gasteiger partial charge >= 0.3 is 0 Å². The van der Waals surface area contributed by atoms with Crippen molar-refractivity contribution in [3.8, 4) is 0 Å². The van der Waals surface area contributed by atoms with Gasteiger partial charge in [-0.1, -0.05) is 6.07 Å². The summed E-state index contributed by atoms with van der Waals surface area (Å²) in [6.45, 7) is 2.14. The van der Waals surface area contributed by atoms with Crippen LogP contribution in [-0.4, -0.2) is 24.0 Å². The molecule has 104 valence electrons. The number of benzene rings is 1. The highest BCUT2D eigenvalue weighted by molar-refractivity contribution is 5.93. The Morgan fingerprint density at radius 2 is 2.35 bits per heavy atom. The normalized spacial score (nSPS) is 18.3. The number of aromatic nitrogens is 1. The zero-order valence-electron chi connectivity index (χ0n) is 11.4. The standard InChI is InChI=1S/C16H19N3O/c20-16(6-3-12-7-9-17-11-12)19-14-4-5-15-13(10-14)2-1-8-18-15/h1-2,4-5,8,10,12,17H,3,6-7,9,11H2,(H,19,20). The molecule has 1 aromatic heterocycles. The summed E-state index contributed by atoms with van der Waals surface area (Å²) < 4.78 is 0. The number of fused-ring (bicyclic) bond motifs is 1. The van der Waals surface area contributed by atoms with Gasteiger partial charge in [-0.15, -0.1) is 0 Å². The van der Waals surface area contributed by atoms with Crippen molar-refractivity contribution in [2.45, 2.75) is 19.3 Å². The van der Waals surface area contributed by atoms with Gasteiger partial charge in [-0.3, -0.25) is 9.78 Å². The number of carbonyl (C=O) groups is 1. The number of pyridine rings is 1. The maximum atomic E-state index is 12.0. The first kappa shape index (κ1) is 13.1. The van der Waals surface area contributed by atoms with Gasteiger partial charge in [0, 0.05) is 23.7 Å². The molecule has 1 aromatic carbocycles. The van der Waals surface area contributed by atoms with Crippen LogP contribution in [0.3, 0.4) is 0 Å². The predicted molar refractivity (Wildman–Crippen MR) is 80.6 cm³/mol.